The predicted molar refractivity (Wildman–Crippen MR) is 141 cm³/mol. The van der Waals surface area contributed by atoms with Crippen LogP contribution < -0.4 is 0 Å². The summed E-state index contributed by atoms with van der Waals surface area (Å²) in [5.74, 6) is 3.00. The van der Waals surface area contributed by atoms with Crippen molar-refractivity contribution in [1.29, 1.82) is 0 Å². The van der Waals surface area contributed by atoms with Gasteiger partial charge < -0.3 is 5.11 Å². The highest BCUT2D eigenvalue weighted by molar-refractivity contribution is 7.89. The van der Waals surface area contributed by atoms with Crippen molar-refractivity contribution in [3.8, 4) is 11.5 Å². The molecule has 6 heteroatoms. The first-order valence-corrected chi connectivity index (χ1v) is 16.4. The molecular formula is C28H33NO3SSi. The standard InChI is InChI=1S/C28H33NO3SSi/c1-23-15-17-26(18-16-23)33(31,32)29(22-25-13-9-6-10-14-25)27(21-24-11-7-5-8-12-24)28(30)19-20-34(2,3)4/h5-18,27-28,30H,21-22H2,1-4H3/t27-,28-/m0/s1. The van der Waals surface area contributed by atoms with Crippen LogP contribution in [0.1, 0.15) is 16.7 Å². The number of nitrogens with zero attached hydrogens (tertiary/aromatic N) is 1. The molecule has 0 bridgehead atoms. The maximum Gasteiger partial charge on any atom is 0.243 e. The van der Waals surface area contributed by atoms with Crippen molar-refractivity contribution < 1.29 is 13.5 Å². The van der Waals surface area contributed by atoms with Crippen LogP contribution in [0, 0.1) is 18.4 Å². The SMILES string of the molecule is Cc1ccc(S(=O)(=O)N(Cc2ccccc2)[C@@H](Cc2ccccc2)[C@@H](O)C#C[Si](C)(C)C)cc1. The van der Waals surface area contributed by atoms with Crippen LogP contribution in [-0.2, 0) is 23.0 Å². The van der Waals surface area contributed by atoms with Crippen molar-refractivity contribution in [1.82, 2.24) is 4.31 Å². The Kier molecular flexibility index (Phi) is 8.50. The van der Waals surface area contributed by atoms with Gasteiger partial charge in [-0.1, -0.05) is 104 Å². The van der Waals surface area contributed by atoms with E-state index in [0.717, 1.165) is 16.7 Å². The maximum absolute atomic E-state index is 14.0. The molecule has 0 aliphatic carbocycles. The average Bonchev–Trinajstić information content (AvgIpc) is 2.81. The molecule has 0 fully saturated rings. The zero-order chi connectivity index (χ0) is 24.8. The summed E-state index contributed by atoms with van der Waals surface area (Å²) in [6, 6.07) is 25.2. The number of rotatable bonds is 8. The molecule has 34 heavy (non-hydrogen) atoms. The number of hydrogen-bond acceptors (Lipinski definition) is 3. The molecule has 0 aromatic heterocycles. The summed E-state index contributed by atoms with van der Waals surface area (Å²) < 4.78 is 29.3. The Morgan fingerprint density at radius 3 is 1.91 bits per heavy atom. The van der Waals surface area contributed by atoms with Crippen molar-refractivity contribution in [2.75, 3.05) is 0 Å². The minimum absolute atomic E-state index is 0.139. The summed E-state index contributed by atoms with van der Waals surface area (Å²) in [6.07, 6.45) is -0.781. The summed E-state index contributed by atoms with van der Waals surface area (Å²) in [7, 11) is -5.69. The molecule has 0 aliphatic rings. The van der Waals surface area contributed by atoms with E-state index in [2.05, 4.69) is 31.1 Å². The second-order valence-corrected chi connectivity index (χ2v) is 16.2. The van der Waals surface area contributed by atoms with Gasteiger partial charge in [-0.15, -0.1) is 5.54 Å². The van der Waals surface area contributed by atoms with E-state index in [0.29, 0.717) is 6.42 Å². The number of benzene rings is 3. The third-order valence-corrected chi connectivity index (χ3v) is 8.21. The van der Waals surface area contributed by atoms with Crippen LogP contribution >= 0.6 is 0 Å². The van der Waals surface area contributed by atoms with E-state index in [4.69, 9.17) is 0 Å². The van der Waals surface area contributed by atoms with Gasteiger partial charge in [0.2, 0.25) is 10.0 Å². The highest BCUT2D eigenvalue weighted by Gasteiger charge is 2.35. The Morgan fingerprint density at radius 2 is 1.38 bits per heavy atom. The quantitative estimate of drug-likeness (QED) is 0.355. The molecule has 0 unspecified atom stereocenters. The molecule has 0 aliphatic heterocycles. The first kappa shape index (κ1) is 25.9. The summed E-state index contributed by atoms with van der Waals surface area (Å²) in [6.45, 7) is 8.36. The minimum atomic E-state index is -3.92. The predicted octanol–water partition coefficient (Wildman–Crippen LogP) is 5.04. The Balaban J connectivity index is 2.12. The van der Waals surface area contributed by atoms with Gasteiger partial charge in [0, 0.05) is 6.54 Å². The van der Waals surface area contributed by atoms with Gasteiger partial charge in [0.05, 0.1) is 10.9 Å². The van der Waals surface area contributed by atoms with Crippen LogP contribution in [0.5, 0.6) is 0 Å². The van der Waals surface area contributed by atoms with E-state index >= 15 is 0 Å². The summed E-state index contributed by atoms with van der Waals surface area (Å²) in [4.78, 5) is 0.206. The van der Waals surface area contributed by atoms with Crippen LogP contribution in [0.4, 0.5) is 0 Å². The Morgan fingerprint density at radius 1 is 0.853 bits per heavy atom. The molecule has 0 amide bonds. The van der Waals surface area contributed by atoms with Crippen molar-refractivity contribution in [2.45, 2.75) is 56.6 Å². The van der Waals surface area contributed by atoms with Crippen LogP contribution in [0.15, 0.2) is 89.8 Å². The van der Waals surface area contributed by atoms with Crippen molar-refractivity contribution >= 4 is 18.1 Å². The zero-order valence-electron chi connectivity index (χ0n) is 20.3. The van der Waals surface area contributed by atoms with E-state index in [1.807, 2.05) is 67.6 Å². The van der Waals surface area contributed by atoms with E-state index in [9.17, 15) is 13.5 Å². The number of hydrogen-bond donors (Lipinski definition) is 1. The summed E-state index contributed by atoms with van der Waals surface area (Å²) in [5, 5.41) is 11.3. The summed E-state index contributed by atoms with van der Waals surface area (Å²) >= 11 is 0. The van der Waals surface area contributed by atoms with E-state index in [-0.39, 0.29) is 11.4 Å². The molecule has 3 aromatic carbocycles. The van der Waals surface area contributed by atoms with Gasteiger partial charge >= 0.3 is 0 Å². The normalized spacial score (nSPS) is 13.7. The lowest BCUT2D eigenvalue weighted by molar-refractivity contribution is 0.131. The van der Waals surface area contributed by atoms with Gasteiger partial charge in [-0.3, -0.25) is 0 Å². The Labute approximate surface area is 205 Å². The van der Waals surface area contributed by atoms with Crippen LogP contribution in [0.2, 0.25) is 19.6 Å². The van der Waals surface area contributed by atoms with Crippen molar-refractivity contribution in [2.24, 2.45) is 0 Å². The molecule has 178 valence electrons. The molecule has 0 radical (unpaired) electrons. The maximum atomic E-state index is 14.0. The molecule has 0 saturated heterocycles. The third-order valence-electron chi connectivity index (χ3n) is 5.43. The number of sulfonamides is 1. The van der Waals surface area contributed by atoms with Crippen LogP contribution in [-0.4, -0.2) is 38.0 Å². The van der Waals surface area contributed by atoms with E-state index < -0.39 is 30.2 Å². The lowest BCUT2D eigenvalue weighted by atomic mass is 10.0. The van der Waals surface area contributed by atoms with Crippen LogP contribution in [0.3, 0.4) is 0 Å². The number of aliphatic hydroxyl groups excluding tert-OH is 1. The van der Waals surface area contributed by atoms with E-state index in [1.165, 1.54) is 4.31 Å². The monoisotopic (exact) mass is 491 g/mol. The number of aliphatic hydroxyl groups is 1. The van der Waals surface area contributed by atoms with Gasteiger partial charge in [0.15, 0.2) is 0 Å². The van der Waals surface area contributed by atoms with Gasteiger partial charge in [0.25, 0.3) is 0 Å². The van der Waals surface area contributed by atoms with Crippen molar-refractivity contribution in [3.05, 3.63) is 102 Å². The highest BCUT2D eigenvalue weighted by atomic mass is 32.2. The van der Waals surface area contributed by atoms with Crippen molar-refractivity contribution in [3.63, 3.8) is 0 Å². The second-order valence-electron chi connectivity index (χ2n) is 9.57. The molecular weight excluding hydrogens is 458 g/mol. The first-order chi connectivity index (χ1) is 16.1. The van der Waals surface area contributed by atoms with Gasteiger partial charge in [-0.2, -0.15) is 4.31 Å². The topological polar surface area (TPSA) is 57.6 Å². The fraction of sp³-hybridized carbons (Fsp3) is 0.286. The Hall–Kier alpha value is -2.69. The molecule has 3 rings (SSSR count). The fourth-order valence-corrected chi connectivity index (χ4v) is 5.80. The lowest BCUT2D eigenvalue weighted by Crippen LogP contribution is -2.47. The molecule has 2 atom stereocenters. The molecule has 1 N–H and O–H groups in total. The molecule has 4 nitrogen and oxygen atoms in total. The van der Waals surface area contributed by atoms with E-state index in [1.54, 1.807) is 24.3 Å². The zero-order valence-corrected chi connectivity index (χ0v) is 22.1. The first-order valence-electron chi connectivity index (χ1n) is 11.4. The average molecular weight is 492 g/mol. The third kappa shape index (κ3) is 7.15. The highest BCUT2D eigenvalue weighted by Crippen LogP contribution is 2.25. The smallest absolute Gasteiger partial charge is 0.243 e. The minimum Gasteiger partial charge on any atom is -0.379 e. The molecule has 0 spiro atoms. The molecule has 0 heterocycles. The largest absolute Gasteiger partial charge is 0.379 e. The molecule has 0 saturated carbocycles. The fourth-order valence-electron chi connectivity index (χ4n) is 3.60. The van der Waals surface area contributed by atoms with Gasteiger partial charge in [-0.05, 0) is 36.6 Å². The lowest BCUT2D eigenvalue weighted by Gasteiger charge is -2.33. The Bertz CT molecular complexity index is 1230. The van der Waals surface area contributed by atoms with Gasteiger partial charge in [-0.25, -0.2) is 8.42 Å². The van der Waals surface area contributed by atoms with Crippen LogP contribution in [0.25, 0.3) is 0 Å². The second kappa shape index (κ2) is 11.2. The number of aryl methyl sites for hydroxylation is 1. The molecule has 3 aromatic rings. The van der Waals surface area contributed by atoms with Gasteiger partial charge in [0.1, 0.15) is 14.2 Å². The summed E-state index contributed by atoms with van der Waals surface area (Å²) in [5.41, 5.74) is 6.00.